The number of rotatable bonds is 3. The van der Waals surface area contributed by atoms with Crippen LogP contribution in [0.5, 0.6) is 5.75 Å². The number of ether oxygens (including phenoxy) is 1. The van der Waals surface area contributed by atoms with E-state index in [1.807, 2.05) is 0 Å². The predicted molar refractivity (Wildman–Crippen MR) is 68.7 cm³/mol. The van der Waals surface area contributed by atoms with E-state index >= 15 is 0 Å². The van der Waals surface area contributed by atoms with Gasteiger partial charge in [0.2, 0.25) is 0 Å². The van der Waals surface area contributed by atoms with Crippen molar-refractivity contribution in [1.29, 1.82) is 0 Å². The molecule has 0 aliphatic heterocycles. The molecule has 0 amide bonds. The Hall–Kier alpha value is -2.02. The first-order valence-electron chi connectivity index (χ1n) is 6.08. The van der Waals surface area contributed by atoms with E-state index in [1.165, 1.54) is 33.1 Å². The molecule has 1 aromatic carbocycles. The second kappa shape index (κ2) is 5.07. The van der Waals surface area contributed by atoms with Gasteiger partial charge < -0.3 is 14.4 Å². The Morgan fingerprint density at radius 1 is 1.19 bits per heavy atom. The number of hydrogen-bond donors (Lipinski definition) is 1. The quantitative estimate of drug-likeness (QED) is 0.941. The number of nitrogens with zero attached hydrogens (tertiary/aromatic N) is 1. The summed E-state index contributed by atoms with van der Waals surface area (Å²) in [5.41, 5.74) is -1.78. The summed E-state index contributed by atoms with van der Waals surface area (Å²) in [6, 6.07) is 4.47. The molecule has 0 bridgehead atoms. The molecule has 21 heavy (non-hydrogen) atoms. The monoisotopic (exact) mass is 301 g/mol. The average molecular weight is 301 g/mol. The van der Waals surface area contributed by atoms with Crippen LogP contribution in [0.15, 0.2) is 28.8 Å². The Balaban J connectivity index is 2.54. The molecular weight excluding hydrogens is 287 g/mol. The summed E-state index contributed by atoms with van der Waals surface area (Å²) in [7, 11) is 1.35. The number of methoxy groups -OCH3 is 1. The maximum Gasteiger partial charge on any atom is 0.416 e. The lowest BCUT2D eigenvalue weighted by molar-refractivity contribution is -0.137. The summed E-state index contributed by atoms with van der Waals surface area (Å²) in [5.74, 6) is 0.385. The first kappa shape index (κ1) is 15.4. The van der Waals surface area contributed by atoms with Gasteiger partial charge in [-0.15, -0.1) is 0 Å². The molecule has 7 heteroatoms. The van der Waals surface area contributed by atoms with Crippen LogP contribution in [0.1, 0.15) is 25.2 Å². The zero-order chi connectivity index (χ0) is 15.8. The zero-order valence-corrected chi connectivity index (χ0v) is 11.7. The fourth-order valence-electron chi connectivity index (χ4n) is 1.77. The largest absolute Gasteiger partial charge is 0.496 e. The van der Waals surface area contributed by atoms with Crippen LogP contribution < -0.4 is 4.74 Å². The highest BCUT2D eigenvalue weighted by Gasteiger charge is 2.32. The van der Waals surface area contributed by atoms with Crippen molar-refractivity contribution >= 4 is 0 Å². The van der Waals surface area contributed by atoms with Crippen molar-refractivity contribution in [2.75, 3.05) is 7.11 Å². The maximum atomic E-state index is 12.8. The molecule has 2 aromatic rings. The Bertz CT molecular complexity index is 642. The van der Waals surface area contributed by atoms with Gasteiger partial charge in [0.05, 0.1) is 12.7 Å². The first-order valence-corrected chi connectivity index (χ1v) is 6.08. The third-order valence-electron chi connectivity index (χ3n) is 2.92. The fraction of sp³-hybridized carbons (Fsp3) is 0.357. The van der Waals surface area contributed by atoms with Crippen LogP contribution in [0.4, 0.5) is 13.2 Å². The minimum Gasteiger partial charge on any atom is -0.496 e. The van der Waals surface area contributed by atoms with Gasteiger partial charge in [-0.2, -0.15) is 13.2 Å². The number of aliphatic hydroxyl groups is 1. The van der Waals surface area contributed by atoms with Gasteiger partial charge in [-0.3, -0.25) is 0 Å². The second-order valence-electron chi connectivity index (χ2n) is 5.05. The summed E-state index contributed by atoms with van der Waals surface area (Å²) in [4.78, 5) is 0. The zero-order valence-electron chi connectivity index (χ0n) is 11.7. The molecule has 0 spiro atoms. The molecule has 0 unspecified atom stereocenters. The Morgan fingerprint density at radius 2 is 1.86 bits per heavy atom. The van der Waals surface area contributed by atoms with Crippen LogP contribution in [-0.4, -0.2) is 17.4 Å². The number of hydrogen-bond acceptors (Lipinski definition) is 4. The molecule has 1 heterocycles. The van der Waals surface area contributed by atoms with E-state index in [0.717, 1.165) is 12.1 Å². The van der Waals surface area contributed by atoms with Gasteiger partial charge in [-0.05, 0) is 32.0 Å². The maximum absolute atomic E-state index is 12.8. The minimum atomic E-state index is -4.47. The molecule has 0 fully saturated rings. The molecule has 0 aliphatic carbocycles. The molecule has 0 radical (unpaired) electrons. The average Bonchev–Trinajstić information content (AvgIpc) is 2.86. The molecule has 0 saturated carbocycles. The van der Waals surface area contributed by atoms with Gasteiger partial charge in [0.25, 0.3) is 0 Å². The third-order valence-corrected chi connectivity index (χ3v) is 2.92. The van der Waals surface area contributed by atoms with Gasteiger partial charge in [0, 0.05) is 11.6 Å². The van der Waals surface area contributed by atoms with Crippen LogP contribution in [0.2, 0.25) is 0 Å². The Labute approximate surface area is 119 Å². The van der Waals surface area contributed by atoms with Gasteiger partial charge in [-0.25, -0.2) is 0 Å². The third kappa shape index (κ3) is 3.18. The van der Waals surface area contributed by atoms with E-state index in [0.29, 0.717) is 0 Å². The van der Waals surface area contributed by atoms with Crippen molar-refractivity contribution in [2.24, 2.45) is 0 Å². The van der Waals surface area contributed by atoms with Crippen molar-refractivity contribution < 1.29 is 27.5 Å². The van der Waals surface area contributed by atoms with E-state index in [2.05, 4.69) is 5.16 Å². The van der Waals surface area contributed by atoms with Gasteiger partial charge in [0.1, 0.15) is 17.0 Å². The van der Waals surface area contributed by atoms with Crippen molar-refractivity contribution in [3.8, 4) is 17.0 Å². The Morgan fingerprint density at radius 3 is 2.33 bits per heavy atom. The summed E-state index contributed by atoms with van der Waals surface area (Å²) in [6.45, 7) is 2.97. The van der Waals surface area contributed by atoms with Crippen molar-refractivity contribution in [3.63, 3.8) is 0 Å². The molecule has 1 N–H and O–H groups in total. The van der Waals surface area contributed by atoms with Gasteiger partial charge >= 0.3 is 6.18 Å². The van der Waals surface area contributed by atoms with Crippen LogP contribution >= 0.6 is 0 Å². The van der Waals surface area contributed by atoms with E-state index in [4.69, 9.17) is 9.26 Å². The van der Waals surface area contributed by atoms with E-state index in [-0.39, 0.29) is 22.8 Å². The van der Waals surface area contributed by atoms with E-state index in [1.54, 1.807) is 0 Å². The van der Waals surface area contributed by atoms with Crippen LogP contribution in [0.3, 0.4) is 0 Å². The second-order valence-corrected chi connectivity index (χ2v) is 5.05. The number of alkyl halides is 3. The lowest BCUT2D eigenvalue weighted by Crippen LogP contribution is -2.13. The molecule has 0 saturated heterocycles. The molecule has 114 valence electrons. The highest BCUT2D eigenvalue weighted by molar-refractivity contribution is 5.68. The lowest BCUT2D eigenvalue weighted by atomic mass is 10.0. The van der Waals surface area contributed by atoms with Gasteiger partial charge in [-0.1, -0.05) is 5.16 Å². The number of benzene rings is 1. The molecule has 0 atom stereocenters. The van der Waals surface area contributed by atoms with Crippen LogP contribution in [-0.2, 0) is 11.8 Å². The molecule has 1 aromatic heterocycles. The van der Waals surface area contributed by atoms with Crippen LogP contribution in [0.25, 0.3) is 11.3 Å². The van der Waals surface area contributed by atoms with Crippen molar-refractivity contribution in [2.45, 2.75) is 25.6 Å². The molecule has 0 aliphatic rings. The summed E-state index contributed by atoms with van der Waals surface area (Å²) >= 11 is 0. The molecule has 4 nitrogen and oxygen atoms in total. The van der Waals surface area contributed by atoms with Crippen molar-refractivity contribution in [3.05, 3.63) is 35.6 Å². The summed E-state index contributed by atoms with van der Waals surface area (Å²) in [6.07, 6.45) is -4.47. The summed E-state index contributed by atoms with van der Waals surface area (Å²) in [5, 5.41) is 13.5. The lowest BCUT2D eigenvalue weighted by Gasteiger charge is -2.12. The van der Waals surface area contributed by atoms with E-state index < -0.39 is 17.3 Å². The van der Waals surface area contributed by atoms with Gasteiger partial charge in [0.15, 0.2) is 5.76 Å². The minimum absolute atomic E-state index is 0.145. The summed E-state index contributed by atoms with van der Waals surface area (Å²) < 4.78 is 48.4. The first-order chi connectivity index (χ1) is 9.63. The highest BCUT2D eigenvalue weighted by atomic mass is 19.4. The molecule has 2 rings (SSSR count). The standard InChI is InChI=1S/C14H14F3NO3/c1-13(2,19)12-7-10(18-21-12)9-6-8(14(15,16)17)4-5-11(9)20-3/h4-7,19H,1-3H3. The highest BCUT2D eigenvalue weighted by Crippen LogP contribution is 2.37. The predicted octanol–water partition coefficient (Wildman–Crippen LogP) is 3.60. The molecular formula is C14H14F3NO3. The number of halogens is 3. The number of aromatic nitrogens is 1. The normalized spacial score (nSPS) is 12.5. The topological polar surface area (TPSA) is 55.5 Å². The fourth-order valence-corrected chi connectivity index (χ4v) is 1.77. The van der Waals surface area contributed by atoms with Crippen LogP contribution in [0, 0.1) is 0 Å². The van der Waals surface area contributed by atoms with Crippen molar-refractivity contribution in [1.82, 2.24) is 5.16 Å². The SMILES string of the molecule is COc1ccc(C(F)(F)F)cc1-c1cc(C(C)(C)O)on1. The Kier molecular flexibility index (Phi) is 3.71. The smallest absolute Gasteiger partial charge is 0.416 e. The van der Waals surface area contributed by atoms with E-state index in [9.17, 15) is 18.3 Å².